The van der Waals surface area contributed by atoms with Crippen LogP contribution < -0.4 is 15.1 Å². The minimum atomic E-state index is -2.98. The van der Waals surface area contributed by atoms with Crippen molar-refractivity contribution in [2.24, 2.45) is 17.8 Å². The Labute approximate surface area is 317 Å². The summed E-state index contributed by atoms with van der Waals surface area (Å²) in [5.74, 6) is -1.74. The molecule has 264 valence electrons. The zero-order chi connectivity index (χ0) is 36.1. The molecule has 2 saturated heterocycles. The first-order valence-corrected chi connectivity index (χ1v) is 21.1. The van der Waals surface area contributed by atoms with Crippen LogP contribution in [0, 0.1) is 21.3 Å². The number of hydrogen-bond donors (Lipinski definition) is 2. The fourth-order valence-electron chi connectivity index (χ4n) is 8.43. The van der Waals surface area contributed by atoms with Gasteiger partial charge < -0.3 is 23.9 Å². The number of likely N-dealkylation sites (tertiary alicyclic amines) is 1. The highest BCUT2D eigenvalue weighted by Crippen LogP contribution is 2.52. The molecule has 8 nitrogen and oxygen atoms in total. The van der Waals surface area contributed by atoms with E-state index in [0.29, 0.717) is 33.2 Å². The number of benzene rings is 3. The minimum Gasteiger partial charge on any atom is -0.504 e. The molecule has 51 heavy (non-hydrogen) atoms. The van der Waals surface area contributed by atoms with Crippen molar-refractivity contribution in [2.75, 3.05) is 13.7 Å². The predicted octanol–water partition coefficient (Wildman–Crippen LogP) is 6.24. The number of fused-ring (bicyclic) bond motifs is 3. The molecule has 0 unspecified atom stereocenters. The summed E-state index contributed by atoms with van der Waals surface area (Å²) in [5, 5.41) is 26.4. The van der Waals surface area contributed by atoms with Gasteiger partial charge in [0.1, 0.15) is 0 Å². The van der Waals surface area contributed by atoms with E-state index in [0.717, 1.165) is 20.8 Å². The highest BCUT2D eigenvalue weighted by Gasteiger charge is 2.58. The number of halogens is 1. The number of aromatic hydroxyl groups is 1. The van der Waals surface area contributed by atoms with Crippen LogP contribution >= 0.6 is 33.9 Å². The largest absolute Gasteiger partial charge is 0.504 e. The van der Waals surface area contributed by atoms with Crippen molar-refractivity contribution >= 4 is 71.6 Å². The average molecular weight is 834 g/mol. The zero-order valence-electron chi connectivity index (χ0n) is 29.0. The number of carbonyl (C=O) groups is 2. The van der Waals surface area contributed by atoms with E-state index in [4.69, 9.17) is 13.8 Å². The highest BCUT2D eigenvalue weighted by molar-refractivity contribution is 14.1. The molecule has 0 spiro atoms. The van der Waals surface area contributed by atoms with E-state index in [1.54, 1.807) is 6.07 Å². The van der Waals surface area contributed by atoms with Crippen molar-refractivity contribution in [1.29, 1.82) is 0 Å². The molecule has 1 aromatic heterocycles. The summed E-state index contributed by atoms with van der Waals surface area (Å²) < 4.78 is 19.7. The van der Waals surface area contributed by atoms with Crippen LogP contribution in [-0.4, -0.2) is 56.0 Å². The maximum absolute atomic E-state index is 14.3. The number of methoxy groups -OCH3 is 1. The maximum Gasteiger partial charge on any atom is 0.487 e. The number of phenols is 1. The Kier molecular flexibility index (Phi) is 10.1. The Hall–Kier alpha value is -3.27. The summed E-state index contributed by atoms with van der Waals surface area (Å²) in [6.07, 6.45) is 0.0613. The van der Waals surface area contributed by atoms with Crippen LogP contribution in [0.4, 0.5) is 0 Å². The van der Waals surface area contributed by atoms with Crippen LogP contribution in [0.3, 0.4) is 0 Å². The van der Waals surface area contributed by atoms with Gasteiger partial charge in [0.25, 0.3) is 8.32 Å². The van der Waals surface area contributed by atoms with Crippen molar-refractivity contribution in [3.63, 3.8) is 0 Å². The van der Waals surface area contributed by atoms with Crippen LogP contribution in [0.2, 0.25) is 5.04 Å². The first-order valence-electron chi connectivity index (χ1n) is 17.2. The van der Waals surface area contributed by atoms with Gasteiger partial charge in [-0.25, -0.2) is 0 Å². The Morgan fingerprint density at radius 2 is 1.65 bits per heavy atom. The van der Waals surface area contributed by atoms with Crippen LogP contribution in [0.25, 0.3) is 0 Å². The molecule has 2 aliphatic heterocycles. The van der Waals surface area contributed by atoms with Gasteiger partial charge >= 0.3 is 7.12 Å². The number of thiophene rings is 1. The molecule has 4 aromatic rings. The Bertz CT molecular complexity index is 1910. The van der Waals surface area contributed by atoms with Gasteiger partial charge in [0.2, 0.25) is 11.8 Å². The Morgan fingerprint density at radius 1 is 0.980 bits per heavy atom. The van der Waals surface area contributed by atoms with Crippen LogP contribution in [-0.2, 0) is 25.2 Å². The van der Waals surface area contributed by atoms with E-state index < -0.39 is 39.3 Å². The van der Waals surface area contributed by atoms with Crippen molar-refractivity contribution in [3.8, 4) is 11.5 Å². The van der Waals surface area contributed by atoms with Gasteiger partial charge in [0, 0.05) is 4.88 Å². The lowest BCUT2D eigenvalue weighted by molar-refractivity contribution is -0.140. The van der Waals surface area contributed by atoms with Crippen molar-refractivity contribution < 1.29 is 33.5 Å². The number of hydrogen-bond acceptors (Lipinski definition) is 8. The van der Waals surface area contributed by atoms with Crippen molar-refractivity contribution in [1.82, 2.24) is 4.90 Å². The fourth-order valence-corrected chi connectivity index (χ4v) is 14.3. The molecule has 3 aromatic carbocycles. The molecule has 4 atom stereocenters. The summed E-state index contributed by atoms with van der Waals surface area (Å²) in [5.41, 5.74) is 2.17. The van der Waals surface area contributed by atoms with Crippen LogP contribution in [0.15, 0.2) is 101 Å². The molecule has 2 N–H and O–H groups in total. The van der Waals surface area contributed by atoms with Gasteiger partial charge in [0.05, 0.1) is 41.8 Å². The second-order valence-corrected chi connectivity index (χ2v) is 21.1. The minimum absolute atomic E-state index is 0.0278. The molecule has 2 amide bonds. The molecule has 7 rings (SSSR count). The van der Waals surface area contributed by atoms with Gasteiger partial charge in [0.15, 0.2) is 11.5 Å². The van der Waals surface area contributed by atoms with Crippen LogP contribution in [0.1, 0.15) is 50.2 Å². The first kappa shape index (κ1) is 36.1. The van der Waals surface area contributed by atoms with Crippen molar-refractivity contribution in [3.05, 3.63) is 115 Å². The summed E-state index contributed by atoms with van der Waals surface area (Å²) in [6, 6.07) is 28.1. The number of amides is 2. The molecular weight excluding hydrogens is 792 g/mol. The van der Waals surface area contributed by atoms with Gasteiger partial charge in [-0.3, -0.25) is 14.5 Å². The third kappa shape index (κ3) is 6.42. The van der Waals surface area contributed by atoms with Gasteiger partial charge in [-0.05, 0) is 97.0 Å². The summed E-state index contributed by atoms with van der Waals surface area (Å²) in [6.45, 7) is 7.07. The zero-order valence-corrected chi connectivity index (χ0v) is 33.0. The third-order valence-corrected chi connectivity index (χ3v) is 17.4. The summed E-state index contributed by atoms with van der Waals surface area (Å²) >= 11 is 3.56. The summed E-state index contributed by atoms with van der Waals surface area (Å²) in [7, 11) is -2.81. The number of allylic oxidation sites excluding steroid dienone is 1. The maximum atomic E-state index is 14.3. The molecule has 0 saturated carbocycles. The number of phenolic OH excluding ortho intramolecular Hbond substituents is 1. The Balaban J connectivity index is 1.31. The van der Waals surface area contributed by atoms with Gasteiger partial charge in [-0.2, -0.15) is 0 Å². The van der Waals surface area contributed by atoms with E-state index in [1.165, 1.54) is 23.3 Å². The first-order chi connectivity index (χ1) is 24.4. The number of ether oxygens (including phenoxy) is 1. The second-order valence-electron chi connectivity index (χ2n) is 14.6. The van der Waals surface area contributed by atoms with Gasteiger partial charge in [-0.1, -0.05) is 87.5 Å². The highest BCUT2D eigenvalue weighted by atomic mass is 127. The number of nitrogens with zero attached hydrogens (tertiary/aromatic N) is 1. The topological polar surface area (TPSA) is 106 Å². The van der Waals surface area contributed by atoms with Crippen molar-refractivity contribution in [2.45, 2.75) is 51.3 Å². The van der Waals surface area contributed by atoms with E-state index in [9.17, 15) is 19.7 Å². The molecule has 2 fully saturated rings. The van der Waals surface area contributed by atoms with E-state index in [1.807, 2.05) is 82.6 Å². The lowest BCUT2D eigenvalue weighted by Crippen LogP contribution is -2.66. The number of rotatable bonds is 9. The molecular formula is C39H41BINO7SSi. The molecule has 1 aliphatic carbocycles. The second kappa shape index (κ2) is 14.3. The lowest BCUT2D eigenvalue weighted by atomic mass is 9.55. The monoisotopic (exact) mass is 833 g/mol. The SMILES string of the molecule is COc1cc([C@@H]2C[C@@H]3C(=C(CO[Si](c4ccccc4)(c4ccccc4)C(C)(C)C)C[C@@H]4C(=O)N(Cc5cccs5)C(=O)[C@@H]43)B(O)O2)cc(I)c1O. The molecule has 3 heterocycles. The predicted molar refractivity (Wildman–Crippen MR) is 209 cm³/mol. The fraction of sp³-hybridized carbons (Fsp3) is 0.333. The number of imide groups is 1. The molecule has 3 aliphatic rings. The smallest absolute Gasteiger partial charge is 0.487 e. The van der Waals surface area contributed by atoms with E-state index >= 15 is 0 Å². The third-order valence-electron chi connectivity index (χ3n) is 10.7. The van der Waals surface area contributed by atoms with Crippen LogP contribution in [0.5, 0.6) is 11.5 Å². The van der Waals surface area contributed by atoms with E-state index in [-0.39, 0.29) is 35.8 Å². The quantitative estimate of drug-likeness (QED) is 0.117. The standard InChI is InChI=1S/C39H41BINO7SSi/c1-39(2,3)51(27-13-7-5-8-14-27,28-15-9-6-10-16-28)48-23-25-18-30-34(38(45)42(37(30)44)22-26-12-11-17-50-26)29-21-32(49-40(46)35(25)29)24-19-31(41)36(43)33(20-24)47-4/h5-17,19-20,29-30,32,34,43,46H,18,21-23H2,1-4H3/t29-,30-,32-,34+/m0/s1. The normalized spacial score (nSPS) is 22.3. The molecule has 0 bridgehead atoms. The molecule has 12 heteroatoms. The summed E-state index contributed by atoms with van der Waals surface area (Å²) in [4.78, 5) is 30.9. The van der Waals surface area contributed by atoms with E-state index in [2.05, 4.69) is 45.0 Å². The molecule has 0 radical (unpaired) electrons. The Morgan fingerprint density at radius 3 is 2.24 bits per heavy atom. The van der Waals surface area contributed by atoms with Gasteiger partial charge in [-0.15, -0.1) is 11.3 Å². The number of carbonyl (C=O) groups excluding carboxylic acids is 2. The average Bonchev–Trinajstić information content (AvgIpc) is 3.72. The lowest BCUT2D eigenvalue weighted by Gasteiger charge is -2.45.